The third-order valence-electron chi connectivity index (χ3n) is 2.86. The third-order valence-corrected chi connectivity index (χ3v) is 2.86. The van der Waals surface area contributed by atoms with Crippen LogP contribution in [0.4, 0.5) is 0 Å². The van der Waals surface area contributed by atoms with Crippen molar-refractivity contribution in [2.45, 2.75) is 26.2 Å². The highest BCUT2D eigenvalue weighted by Gasteiger charge is 2.54. The van der Waals surface area contributed by atoms with Gasteiger partial charge in [-0.15, -0.1) is 0 Å². The van der Waals surface area contributed by atoms with E-state index in [9.17, 15) is 0 Å². The van der Waals surface area contributed by atoms with Gasteiger partial charge in [-0.2, -0.15) is 5.26 Å². The van der Waals surface area contributed by atoms with E-state index in [4.69, 9.17) is 19.5 Å². The fraction of sp³-hybridized carbons (Fsp3) is 0.900. The van der Waals surface area contributed by atoms with Gasteiger partial charge in [0.25, 0.3) is 5.97 Å². The second-order valence-electron chi connectivity index (χ2n) is 4.37. The molecule has 0 N–H and O–H groups in total. The van der Waals surface area contributed by atoms with Gasteiger partial charge in [-0.3, -0.25) is 0 Å². The first-order chi connectivity index (χ1) is 6.64. The normalized spacial score (nSPS) is 43.2. The van der Waals surface area contributed by atoms with Crippen molar-refractivity contribution in [1.82, 2.24) is 0 Å². The van der Waals surface area contributed by atoms with Crippen molar-refractivity contribution in [3.05, 3.63) is 0 Å². The van der Waals surface area contributed by atoms with Gasteiger partial charge in [0, 0.05) is 5.41 Å². The molecule has 0 aromatic rings. The molecule has 3 aliphatic rings. The lowest BCUT2D eigenvalue weighted by Crippen LogP contribution is -2.61. The smallest absolute Gasteiger partial charge is 0.299 e. The van der Waals surface area contributed by atoms with E-state index >= 15 is 0 Å². The Labute approximate surface area is 83.7 Å². The molecule has 0 amide bonds. The van der Waals surface area contributed by atoms with E-state index in [0.717, 1.165) is 0 Å². The predicted molar refractivity (Wildman–Crippen MR) is 48.1 cm³/mol. The summed E-state index contributed by atoms with van der Waals surface area (Å²) in [7, 11) is 0. The molecular weight excluding hydrogens is 182 g/mol. The number of rotatable bonds is 2. The summed E-state index contributed by atoms with van der Waals surface area (Å²) in [6.45, 7) is 5.84. The van der Waals surface area contributed by atoms with Crippen LogP contribution >= 0.6 is 0 Å². The third kappa shape index (κ3) is 1.33. The minimum Gasteiger partial charge on any atom is -0.326 e. The molecule has 0 aliphatic carbocycles. The molecule has 1 atom stereocenters. The van der Waals surface area contributed by atoms with Crippen molar-refractivity contribution >= 4 is 0 Å². The molecular formula is C10H15NO3. The first-order valence-electron chi connectivity index (χ1n) is 4.96. The molecule has 78 valence electrons. The minimum atomic E-state index is -1.08. The Balaban J connectivity index is 2.16. The van der Waals surface area contributed by atoms with Crippen LogP contribution in [0.2, 0.25) is 0 Å². The molecule has 2 bridgehead atoms. The van der Waals surface area contributed by atoms with Gasteiger partial charge in [-0.1, -0.05) is 13.8 Å². The summed E-state index contributed by atoms with van der Waals surface area (Å²) in [6, 6.07) is 2.18. The lowest BCUT2D eigenvalue weighted by atomic mass is 9.90. The zero-order chi connectivity index (χ0) is 10.2. The molecule has 0 spiro atoms. The van der Waals surface area contributed by atoms with Crippen molar-refractivity contribution in [2.75, 3.05) is 19.8 Å². The Morgan fingerprint density at radius 1 is 1.29 bits per heavy atom. The van der Waals surface area contributed by atoms with Crippen LogP contribution < -0.4 is 0 Å². The molecule has 14 heavy (non-hydrogen) atoms. The summed E-state index contributed by atoms with van der Waals surface area (Å²) in [5.41, 5.74) is -0.0322. The summed E-state index contributed by atoms with van der Waals surface area (Å²) in [4.78, 5) is 0. The number of fused-ring (bicyclic) bond motifs is 3. The first-order valence-corrected chi connectivity index (χ1v) is 4.96. The molecule has 4 nitrogen and oxygen atoms in total. The average Bonchev–Trinajstić information content (AvgIpc) is 2.22. The maximum absolute atomic E-state index is 8.97. The second-order valence-corrected chi connectivity index (χ2v) is 4.37. The molecule has 0 aromatic carbocycles. The summed E-state index contributed by atoms with van der Waals surface area (Å²) in [5, 5.41) is 8.97. The SMILES string of the molecule is CCC(C#N)C12OCC(C)(CO1)CO2. The fourth-order valence-corrected chi connectivity index (χ4v) is 1.80. The largest absolute Gasteiger partial charge is 0.326 e. The van der Waals surface area contributed by atoms with Gasteiger partial charge in [-0.05, 0) is 6.42 Å². The number of nitrogens with zero attached hydrogens (tertiary/aromatic N) is 1. The predicted octanol–water partition coefficient (Wildman–Crippen LogP) is 1.27. The maximum Gasteiger partial charge on any atom is 0.299 e. The molecule has 0 radical (unpaired) electrons. The Kier molecular flexibility index (Phi) is 2.26. The van der Waals surface area contributed by atoms with E-state index < -0.39 is 5.97 Å². The molecule has 0 aromatic heterocycles. The van der Waals surface area contributed by atoms with Crippen LogP contribution in [0.3, 0.4) is 0 Å². The van der Waals surface area contributed by atoms with Crippen LogP contribution in [-0.4, -0.2) is 25.8 Å². The van der Waals surface area contributed by atoms with Gasteiger partial charge in [0.05, 0.1) is 25.9 Å². The molecule has 3 fully saturated rings. The summed E-state index contributed by atoms with van der Waals surface area (Å²) >= 11 is 0. The Bertz CT molecular complexity index is 247. The van der Waals surface area contributed by atoms with E-state index in [1.165, 1.54) is 0 Å². The first kappa shape index (κ1) is 9.91. The van der Waals surface area contributed by atoms with Crippen molar-refractivity contribution in [2.24, 2.45) is 11.3 Å². The monoisotopic (exact) mass is 197 g/mol. The molecule has 1 unspecified atom stereocenters. The zero-order valence-corrected chi connectivity index (χ0v) is 8.58. The fourth-order valence-electron chi connectivity index (χ4n) is 1.80. The van der Waals surface area contributed by atoms with Crippen molar-refractivity contribution in [3.8, 4) is 6.07 Å². The van der Waals surface area contributed by atoms with Gasteiger partial charge in [-0.25, -0.2) is 0 Å². The van der Waals surface area contributed by atoms with Crippen LogP contribution in [0.5, 0.6) is 0 Å². The van der Waals surface area contributed by atoms with E-state index in [0.29, 0.717) is 26.2 Å². The highest BCUT2D eigenvalue weighted by Crippen LogP contribution is 2.42. The van der Waals surface area contributed by atoms with Crippen molar-refractivity contribution in [3.63, 3.8) is 0 Å². The molecule has 4 heteroatoms. The van der Waals surface area contributed by atoms with E-state index in [2.05, 4.69) is 13.0 Å². The molecule has 0 saturated carbocycles. The van der Waals surface area contributed by atoms with Gasteiger partial charge in [0.2, 0.25) is 0 Å². The van der Waals surface area contributed by atoms with Crippen LogP contribution in [-0.2, 0) is 14.2 Å². The average molecular weight is 197 g/mol. The van der Waals surface area contributed by atoms with Gasteiger partial charge >= 0.3 is 0 Å². The van der Waals surface area contributed by atoms with Crippen molar-refractivity contribution in [1.29, 1.82) is 5.26 Å². The van der Waals surface area contributed by atoms with E-state index in [-0.39, 0.29) is 11.3 Å². The lowest BCUT2D eigenvalue weighted by Gasteiger charge is -2.51. The van der Waals surface area contributed by atoms with Gasteiger partial charge < -0.3 is 14.2 Å². The Morgan fingerprint density at radius 2 is 1.79 bits per heavy atom. The Morgan fingerprint density at radius 3 is 2.14 bits per heavy atom. The lowest BCUT2D eigenvalue weighted by molar-refractivity contribution is -0.478. The molecule has 3 aliphatic heterocycles. The van der Waals surface area contributed by atoms with Gasteiger partial charge in [0.15, 0.2) is 0 Å². The number of hydrogen-bond acceptors (Lipinski definition) is 4. The topological polar surface area (TPSA) is 51.5 Å². The minimum absolute atomic E-state index is 0.0322. The highest BCUT2D eigenvalue weighted by molar-refractivity contribution is 4.95. The zero-order valence-electron chi connectivity index (χ0n) is 8.58. The van der Waals surface area contributed by atoms with Crippen LogP contribution in [0.1, 0.15) is 20.3 Å². The van der Waals surface area contributed by atoms with Crippen LogP contribution in [0.25, 0.3) is 0 Å². The number of hydrogen-bond donors (Lipinski definition) is 0. The van der Waals surface area contributed by atoms with Gasteiger partial charge in [0.1, 0.15) is 5.92 Å². The summed E-state index contributed by atoms with van der Waals surface area (Å²) < 4.78 is 16.6. The van der Waals surface area contributed by atoms with Crippen LogP contribution in [0, 0.1) is 22.7 Å². The van der Waals surface area contributed by atoms with E-state index in [1.54, 1.807) is 0 Å². The van der Waals surface area contributed by atoms with Crippen LogP contribution in [0.15, 0.2) is 0 Å². The highest BCUT2D eigenvalue weighted by atomic mass is 16.9. The van der Waals surface area contributed by atoms with Crippen molar-refractivity contribution < 1.29 is 14.2 Å². The maximum atomic E-state index is 8.97. The second kappa shape index (κ2) is 3.20. The standard InChI is InChI=1S/C10H15NO3/c1-3-8(4-11)10-12-5-9(2,6-13-10)7-14-10/h8H,3,5-7H2,1-2H3. The molecule has 3 heterocycles. The Hall–Kier alpha value is -0.630. The number of nitriles is 1. The summed E-state index contributed by atoms with van der Waals surface area (Å²) in [6.07, 6.45) is 0.674. The summed E-state index contributed by atoms with van der Waals surface area (Å²) in [5.74, 6) is -1.42. The number of ether oxygens (including phenoxy) is 3. The molecule has 3 saturated heterocycles. The molecule has 3 rings (SSSR count). The van der Waals surface area contributed by atoms with E-state index in [1.807, 2.05) is 6.92 Å². The quantitative estimate of drug-likeness (QED) is 0.669.